The summed E-state index contributed by atoms with van der Waals surface area (Å²) in [5, 5.41) is 3.66. The van der Waals surface area contributed by atoms with Gasteiger partial charge in [-0.2, -0.15) is 0 Å². The van der Waals surface area contributed by atoms with Gasteiger partial charge in [-0.1, -0.05) is 11.6 Å². The molecule has 1 aromatic rings. The summed E-state index contributed by atoms with van der Waals surface area (Å²) in [5.74, 6) is 0.900. The third-order valence-corrected chi connectivity index (χ3v) is 4.03. The minimum atomic E-state index is 0.0784. The normalized spacial score (nSPS) is 15.4. The van der Waals surface area contributed by atoms with Crippen LogP contribution in [0.2, 0.25) is 5.02 Å². The summed E-state index contributed by atoms with van der Waals surface area (Å²) in [6, 6.07) is 5.54. The predicted molar refractivity (Wildman–Crippen MR) is 91.2 cm³/mol. The van der Waals surface area contributed by atoms with Gasteiger partial charge < -0.3 is 14.8 Å². The van der Waals surface area contributed by atoms with E-state index < -0.39 is 0 Å². The molecule has 2 rings (SSSR count). The fraction of sp³-hybridized carbons (Fsp3) is 0.588. The molecule has 0 aromatic heterocycles. The van der Waals surface area contributed by atoms with Crippen molar-refractivity contribution in [1.29, 1.82) is 0 Å². The van der Waals surface area contributed by atoms with Crippen LogP contribution >= 0.6 is 11.6 Å². The summed E-state index contributed by atoms with van der Waals surface area (Å²) in [6.45, 7) is 7.53. The molecular formula is C17H25ClN2O3. The first-order valence-electron chi connectivity index (χ1n) is 8.11. The highest BCUT2D eigenvalue weighted by Crippen LogP contribution is 2.21. The molecule has 0 unspecified atom stereocenters. The van der Waals surface area contributed by atoms with Gasteiger partial charge >= 0.3 is 0 Å². The fourth-order valence-corrected chi connectivity index (χ4v) is 2.68. The summed E-state index contributed by atoms with van der Waals surface area (Å²) in [6.07, 6.45) is 1.18. The first kappa shape index (κ1) is 18.0. The van der Waals surface area contributed by atoms with E-state index >= 15 is 0 Å². The van der Waals surface area contributed by atoms with Gasteiger partial charge in [-0.25, -0.2) is 0 Å². The molecule has 0 aliphatic carbocycles. The SMILES string of the molecule is Cc1cc(Cl)ccc1OCCCC(=O)NCCN1CCOCC1. The number of halogens is 1. The zero-order valence-electron chi connectivity index (χ0n) is 13.6. The molecule has 6 heteroatoms. The fourth-order valence-electron chi connectivity index (χ4n) is 2.46. The van der Waals surface area contributed by atoms with Crippen LogP contribution in [0.3, 0.4) is 0 Å². The number of hydrogen-bond acceptors (Lipinski definition) is 4. The van der Waals surface area contributed by atoms with E-state index in [1.54, 1.807) is 0 Å². The number of carbonyl (C=O) groups excluding carboxylic acids is 1. The number of nitrogens with zero attached hydrogens (tertiary/aromatic N) is 1. The van der Waals surface area contributed by atoms with Crippen LogP contribution in [0, 0.1) is 6.92 Å². The maximum absolute atomic E-state index is 11.8. The number of aryl methyl sites for hydroxylation is 1. The average Bonchev–Trinajstić information content (AvgIpc) is 2.54. The van der Waals surface area contributed by atoms with Crippen molar-refractivity contribution in [2.45, 2.75) is 19.8 Å². The molecule has 1 heterocycles. The number of hydrogen-bond donors (Lipinski definition) is 1. The molecule has 1 amide bonds. The predicted octanol–water partition coefficient (Wildman–Crippen LogP) is 2.26. The molecule has 5 nitrogen and oxygen atoms in total. The van der Waals surface area contributed by atoms with E-state index in [1.807, 2.05) is 25.1 Å². The van der Waals surface area contributed by atoms with Crippen LogP contribution in [0.1, 0.15) is 18.4 Å². The van der Waals surface area contributed by atoms with Crippen molar-refractivity contribution in [1.82, 2.24) is 10.2 Å². The molecule has 0 bridgehead atoms. The second-order valence-electron chi connectivity index (χ2n) is 5.67. The number of rotatable bonds is 8. The Labute approximate surface area is 142 Å². The van der Waals surface area contributed by atoms with Gasteiger partial charge in [0, 0.05) is 37.6 Å². The van der Waals surface area contributed by atoms with E-state index in [4.69, 9.17) is 21.1 Å². The average molecular weight is 341 g/mol. The zero-order chi connectivity index (χ0) is 16.5. The Morgan fingerprint density at radius 1 is 1.39 bits per heavy atom. The van der Waals surface area contributed by atoms with E-state index in [0.29, 0.717) is 31.0 Å². The van der Waals surface area contributed by atoms with Crippen LogP contribution in [0.5, 0.6) is 5.75 Å². The quantitative estimate of drug-likeness (QED) is 0.737. The van der Waals surface area contributed by atoms with Crippen molar-refractivity contribution in [2.75, 3.05) is 46.0 Å². The maximum atomic E-state index is 11.8. The molecule has 0 radical (unpaired) electrons. The Morgan fingerprint density at radius 2 is 2.17 bits per heavy atom. The molecule has 0 saturated carbocycles. The second kappa shape index (κ2) is 9.75. The maximum Gasteiger partial charge on any atom is 0.220 e. The van der Waals surface area contributed by atoms with Crippen LogP contribution in [0.4, 0.5) is 0 Å². The monoisotopic (exact) mass is 340 g/mol. The van der Waals surface area contributed by atoms with Gasteiger partial charge in [-0.15, -0.1) is 0 Å². The zero-order valence-corrected chi connectivity index (χ0v) is 14.4. The molecule has 1 N–H and O–H groups in total. The van der Waals surface area contributed by atoms with E-state index in [2.05, 4.69) is 10.2 Å². The molecule has 0 atom stereocenters. The summed E-state index contributed by atoms with van der Waals surface area (Å²) in [7, 11) is 0. The Kier molecular flexibility index (Phi) is 7.65. The number of carbonyl (C=O) groups is 1. The highest BCUT2D eigenvalue weighted by atomic mass is 35.5. The first-order chi connectivity index (χ1) is 11.1. The molecular weight excluding hydrogens is 316 g/mol. The van der Waals surface area contributed by atoms with Crippen molar-refractivity contribution in [2.24, 2.45) is 0 Å². The molecule has 1 aliphatic heterocycles. The molecule has 0 spiro atoms. The smallest absolute Gasteiger partial charge is 0.220 e. The Hall–Kier alpha value is -1.30. The van der Waals surface area contributed by atoms with Crippen molar-refractivity contribution < 1.29 is 14.3 Å². The molecule has 1 fully saturated rings. The molecule has 128 valence electrons. The van der Waals surface area contributed by atoms with Gasteiger partial charge in [0.1, 0.15) is 5.75 Å². The molecule has 1 aromatic carbocycles. The summed E-state index contributed by atoms with van der Waals surface area (Å²) < 4.78 is 11.0. The van der Waals surface area contributed by atoms with Gasteiger partial charge in [0.2, 0.25) is 5.91 Å². The first-order valence-corrected chi connectivity index (χ1v) is 8.49. The van der Waals surface area contributed by atoms with Crippen LogP contribution in [-0.4, -0.2) is 56.8 Å². The standard InChI is InChI=1S/C17H25ClN2O3/c1-14-13-15(18)4-5-16(14)23-10-2-3-17(21)19-6-7-20-8-11-22-12-9-20/h4-5,13H,2-3,6-12H2,1H3,(H,19,21). The lowest BCUT2D eigenvalue weighted by Gasteiger charge is -2.26. The Balaban J connectivity index is 1.54. The second-order valence-corrected chi connectivity index (χ2v) is 6.10. The lowest BCUT2D eigenvalue weighted by molar-refractivity contribution is -0.121. The van der Waals surface area contributed by atoms with E-state index in [0.717, 1.165) is 44.2 Å². The minimum absolute atomic E-state index is 0.0784. The summed E-state index contributed by atoms with van der Waals surface area (Å²) >= 11 is 5.91. The van der Waals surface area contributed by atoms with Crippen LogP contribution in [-0.2, 0) is 9.53 Å². The highest BCUT2D eigenvalue weighted by molar-refractivity contribution is 6.30. The Bertz CT molecular complexity index is 505. The van der Waals surface area contributed by atoms with Crippen LogP contribution in [0.25, 0.3) is 0 Å². The third kappa shape index (κ3) is 6.77. The third-order valence-electron chi connectivity index (χ3n) is 3.80. The van der Waals surface area contributed by atoms with E-state index in [-0.39, 0.29) is 5.91 Å². The molecule has 1 aliphatic rings. The topological polar surface area (TPSA) is 50.8 Å². The van der Waals surface area contributed by atoms with Crippen molar-refractivity contribution >= 4 is 17.5 Å². The number of ether oxygens (including phenoxy) is 2. The van der Waals surface area contributed by atoms with Crippen molar-refractivity contribution in [3.63, 3.8) is 0 Å². The molecule has 23 heavy (non-hydrogen) atoms. The van der Waals surface area contributed by atoms with Crippen molar-refractivity contribution in [3.05, 3.63) is 28.8 Å². The van der Waals surface area contributed by atoms with E-state index in [9.17, 15) is 4.79 Å². The minimum Gasteiger partial charge on any atom is -0.493 e. The van der Waals surface area contributed by atoms with E-state index in [1.165, 1.54) is 0 Å². The number of benzene rings is 1. The highest BCUT2D eigenvalue weighted by Gasteiger charge is 2.10. The number of amides is 1. The van der Waals surface area contributed by atoms with Gasteiger partial charge in [-0.05, 0) is 37.1 Å². The number of morpholine rings is 1. The summed E-state index contributed by atoms with van der Waals surface area (Å²) in [4.78, 5) is 14.1. The lowest BCUT2D eigenvalue weighted by Crippen LogP contribution is -2.41. The van der Waals surface area contributed by atoms with Crippen molar-refractivity contribution in [3.8, 4) is 5.75 Å². The van der Waals surface area contributed by atoms with Crippen LogP contribution in [0.15, 0.2) is 18.2 Å². The van der Waals surface area contributed by atoms with Gasteiger partial charge in [0.25, 0.3) is 0 Å². The largest absolute Gasteiger partial charge is 0.493 e. The van der Waals surface area contributed by atoms with Gasteiger partial charge in [-0.3, -0.25) is 9.69 Å². The number of nitrogens with one attached hydrogen (secondary N) is 1. The van der Waals surface area contributed by atoms with Crippen LogP contribution < -0.4 is 10.1 Å². The summed E-state index contributed by atoms with van der Waals surface area (Å²) in [5.41, 5.74) is 1.01. The molecule has 1 saturated heterocycles. The lowest BCUT2D eigenvalue weighted by atomic mass is 10.2. The van der Waals surface area contributed by atoms with Gasteiger partial charge in [0.05, 0.1) is 19.8 Å². The van der Waals surface area contributed by atoms with Gasteiger partial charge in [0.15, 0.2) is 0 Å². The Morgan fingerprint density at radius 3 is 2.91 bits per heavy atom.